The van der Waals surface area contributed by atoms with Crippen LogP contribution in [-0.2, 0) is 11.2 Å². The summed E-state index contributed by atoms with van der Waals surface area (Å²) in [6, 6.07) is 12.0. The zero-order valence-electron chi connectivity index (χ0n) is 13.4. The lowest BCUT2D eigenvalue weighted by molar-refractivity contribution is -0.134. The summed E-state index contributed by atoms with van der Waals surface area (Å²) in [5.74, 6) is 0.859. The van der Waals surface area contributed by atoms with Crippen molar-refractivity contribution >= 4 is 5.91 Å². The number of carbonyl (C=O) groups is 1. The number of aromatic nitrogens is 1. The molecule has 0 saturated carbocycles. The maximum atomic E-state index is 12.6. The fraction of sp³-hybridized carbons (Fsp3) is 0.368. The second kappa shape index (κ2) is 7.27. The van der Waals surface area contributed by atoms with Crippen molar-refractivity contribution in [2.24, 2.45) is 0 Å². The monoisotopic (exact) mass is 310 g/mol. The SMILES string of the molecule is CCc1ccccc1OCC(=O)N1CCCC1c1ccncc1. The van der Waals surface area contributed by atoms with E-state index in [4.69, 9.17) is 4.74 Å². The first-order valence-corrected chi connectivity index (χ1v) is 8.19. The fourth-order valence-electron chi connectivity index (χ4n) is 3.16. The molecule has 4 nitrogen and oxygen atoms in total. The lowest BCUT2D eigenvalue weighted by atomic mass is 10.1. The summed E-state index contributed by atoms with van der Waals surface area (Å²) in [6.07, 6.45) is 6.49. The zero-order chi connectivity index (χ0) is 16.1. The Morgan fingerprint density at radius 1 is 1.26 bits per heavy atom. The minimum atomic E-state index is 0.0511. The Morgan fingerprint density at radius 2 is 2.04 bits per heavy atom. The molecule has 1 aromatic carbocycles. The molecule has 1 amide bonds. The molecule has 1 aromatic heterocycles. The Kier molecular flexibility index (Phi) is 4.91. The van der Waals surface area contributed by atoms with E-state index in [0.29, 0.717) is 0 Å². The highest BCUT2D eigenvalue weighted by Crippen LogP contribution is 2.31. The van der Waals surface area contributed by atoms with E-state index in [2.05, 4.69) is 11.9 Å². The number of nitrogens with zero attached hydrogens (tertiary/aromatic N) is 2. The number of rotatable bonds is 5. The first-order chi connectivity index (χ1) is 11.3. The van der Waals surface area contributed by atoms with Crippen molar-refractivity contribution < 1.29 is 9.53 Å². The van der Waals surface area contributed by atoms with E-state index in [1.165, 1.54) is 0 Å². The molecule has 2 aromatic rings. The summed E-state index contributed by atoms with van der Waals surface area (Å²) in [5, 5.41) is 0. The molecule has 1 fully saturated rings. The summed E-state index contributed by atoms with van der Waals surface area (Å²) >= 11 is 0. The molecule has 0 aliphatic carbocycles. The van der Waals surface area contributed by atoms with Crippen LogP contribution in [-0.4, -0.2) is 28.9 Å². The Hall–Kier alpha value is -2.36. The van der Waals surface area contributed by atoms with Crippen molar-refractivity contribution in [2.75, 3.05) is 13.2 Å². The van der Waals surface area contributed by atoms with Crippen molar-refractivity contribution in [3.8, 4) is 5.75 Å². The van der Waals surface area contributed by atoms with Gasteiger partial charge in [-0.2, -0.15) is 0 Å². The van der Waals surface area contributed by atoms with Gasteiger partial charge in [0.05, 0.1) is 6.04 Å². The van der Waals surface area contributed by atoms with E-state index in [1.54, 1.807) is 12.4 Å². The molecule has 23 heavy (non-hydrogen) atoms. The van der Waals surface area contributed by atoms with Gasteiger partial charge < -0.3 is 9.64 Å². The van der Waals surface area contributed by atoms with Gasteiger partial charge in [-0.05, 0) is 48.6 Å². The molecule has 0 N–H and O–H groups in total. The summed E-state index contributed by atoms with van der Waals surface area (Å²) in [5.41, 5.74) is 2.28. The standard InChI is InChI=1S/C19H22N2O2/c1-2-15-6-3-4-8-18(15)23-14-19(22)21-13-5-7-17(21)16-9-11-20-12-10-16/h3-4,6,8-12,17H,2,5,7,13-14H2,1H3. The first kappa shape index (κ1) is 15.5. The van der Waals surface area contributed by atoms with Crippen LogP contribution in [0.1, 0.15) is 36.9 Å². The highest BCUT2D eigenvalue weighted by molar-refractivity contribution is 5.78. The number of aryl methyl sites for hydroxylation is 1. The number of likely N-dealkylation sites (tertiary alicyclic amines) is 1. The summed E-state index contributed by atoms with van der Waals surface area (Å²) < 4.78 is 5.78. The van der Waals surface area contributed by atoms with Gasteiger partial charge in [-0.25, -0.2) is 0 Å². The van der Waals surface area contributed by atoms with Gasteiger partial charge in [-0.15, -0.1) is 0 Å². The van der Waals surface area contributed by atoms with Crippen LogP contribution in [0.3, 0.4) is 0 Å². The molecule has 1 saturated heterocycles. The van der Waals surface area contributed by atoms with E-state index in [-0.39, 0.29) is 18.6 Å². The van der Waals surface area contributed by atoms with Crippen LogP contribution in [0.25, 0.3) is 0 Å². The molecule has 0 spiro atoms. The topological polar surface area (TPSA) is 42.4 Å². The van der Waals surface area contributed by atoms with Crippen molar-refractivity contribution in [3.05, 3.63) is 59.9 Å². The van der Waals surface area contributed by atoms with Crippen LogP contribution >= 0.6 is 0 Å². The van der Waals surface area contributed by atoms with E-state index in [1.807, 2.05) is 41.3 Å². The summed E-state index contributed by atoms with van der Waals surface area (Å²) in [6.45, 7) is 2.98. The number of hydrogen-bond donors (Lipinski definition) is 0. The normalized spacial score (nSPS) is 17.3. The van der Waals surface area contributed by atoms with Crippen LogP contribution in [0.15, 0.2) is 48.8 Å². The number of hydrogen-bond acceptors (Lipinski definition) is 3. The van der Waals surface area contributed by atoms with E-state index in [0.717, 1.165) is 42.7 Å². The quantitative estimate of drug-likeness (QED) is 0.850. The average molecular weight is 310 g/mol. The molecular formula is C19H22N2O2. The summed E-state index contributed by atoms with van der Waals surface area (Å²) in [4.78, 5) is 18.6. The summed E-state index contributed by atoms with van der Waals surface area (Å²) in [7, 11) is 0. The van der Waals surface area contributed by atoms with Crippen LogP contribution in [0.5, 0.6) is 5.75 Å². The van der Waals surface area contributed by atoms with Gasteiger partial charge in [-0.1, -0.05) is 25.1 Å². The number of pyridine rings is 1. The van der Waals surface area contributed by atoms with Gasteiger partial charge in [0.25, 0.3) is 5.91 Å². The maximum Gasteiger partial charge on any atom is 0.261 e. The molecule has 1 aliphatic rings. The van der Waals surface area contributed by atoms with Gasteiger partial charge in [0, 0.05) is 18.9 Å². The number of carbonyl (C=O) groups excluding carboxylic acids is 1. The second-order valence-corrected chi connectivity index (χ2v) is 5.78. The van der Waals surface area contributed by atoms with E-state index >= 15 is 0 Å². The van der Waals surface area contributed by atoms with Crippen LogP contribution < -0.4 is 4.74 Å². The van der Waals surface area contributed by atoms with Gasteiger partial charge in [-0.3, -0.25) is 9.78 Å². The number of amides is 1. The van der Waals surface area contributed by atoms with Crippen molar-refractivity contribution in [1.29, 1.82) is 0 Å². The van der Waals surface area contributed by atoms with Crippen LogP contribution in [0, 0.1) is 0 Å². The third kappa shape index (κ3) is 3.52. The molecule has 1 unspecified atom stereocenters. The van der Waals surface area contributed by atoms with E-state index in [9.17, 15) is 4.79 Å². The molecule has 120 valence electrons. The Labute approximate surface area is 137 Å². The lowest BCUT2D eigenvalue weighted by Crippen LogP contribution is -2.34. The number of ether oxygens (including phenoxy) is 1. The molecule has 2 heterocycles. The first-order valence-electron chi connectivity index (χ1n) is 8.19. The molecule has 0 radical (unpaired) electrons. The smallest absolute Gasteiger partial charge is 0.261 e. The van der Waals surface area contributed by atoms with E-state index < -0.39 is 0 Å². The van der Waals surface area contributed by atoms with Crippen LogP contribution in [0.4, 0.5) is 0 Å². The third-order valence-corrected chi connectivity index (χ3v) is 4.37. The lowest BCUT2D eigenvalue weighted by Gasteiger charge is -2.25. The Morgan fingerprint density at radius 3 is 2.83 bits per heavy atom. The minimum absolute atomic E-state index is 0.0511. The molecule has 3 rings (SSSR count). The number of para-hydroxylation sites is 1. The van der Waals surface area contributed by atoms with Crippen molar-refractivity contribution in [1.82, 2.24) is 9.88 Å². The van der Waals surface area contributed by atoms with Crippen LogP contribution in [0.2, 0.25) is 0 Å². The second-order valence-electron chi connectivity index (χ2n) is 5.78. The maximum absolute atomic E-state index is 12.6. The minimum Gasteiger partial charge on any atom is -0.483 e. The molecule has 1 aliphatic heterocycles. The molecule has 0 bridgehead atoms. The number of benzene rings is 1. The predicted molar refractivity (Wildman–Crippen MR) is 89.2 cm³/mol. The molecular weight excluding hydrogens is 288 g/mol. The predicted octanol–water partition coefficient (Wildman–Crippen LogP) is 3.39. The van der Waals surface area contributed by atoms with Crippen molar-refractivity contribution in [2.45, 2.75) is 32.2 Å². The Bertz CT molecular complexity index is 657. The van der Waals surface area contributed by atoms with Gasteiger partial charge in [0.1, 0.15) is 5.75 Å². The largest absolute Gasteiger partial charge is 0.483 e. The fourth-order valence-corrected chi connectivity index (χ4v) is 3.16. The van der Waals surface area contributed by atoms with Gasteiger partial charge in [0.15, 0.2) is 6.61 Å². The highest BCUT2D eigenvalue weighted by atomic mass is 16.5. The van der Waals surface area contributed by atoms with Crippen molar-refractivity contribution in [3.63, 3.8) is 0 Å². The zero-order valence-corrected chi connectivity index (χ0v) is 13.4. The molecule has 4 heteroatoms. The Balaban J connectivity index is 1.66. The van der Waals surface area contributed by atoms with Gasteiger partial charge in [0.2, 0.25) is 0 Å². The molecule has 1 atom stereocenters. The highest BCUT2D eigenvalue weighted by Gasteiger charge is 2.30. The third-order valence-electron chi connectivity index (χ3n) is 4.37. The van der Waals surface area contributed by atoms with Gasteiger partial charge >= 0.3 is 0 Å². The average Bonchev–Trinajstić information content (AvgIpc) is 3.10.